The fraction of sp³-hybridized carbons (Fsp3) is 0.750. The molecule has 0 radical (unpaired) electrons. The lowest BCUT2D eigenvalue weighted by molar-refractivity contribution is -0.144. The molecule has 1 aliphatic heterocycles. The number of ether oxygens (including phenoxy) is 1. The van der Waals surface area contributed by atoms with E-state index in [0.29, 0.717) is 17.9 Å². The summed E-state index contributed by atoms with van der Waals surface area (Å²) in [6.45, 7) is 2.32. The molecular formula is C12H19NO2S. The van der Waals surface area contributed by atoms with Gasteiger partial charge in [-0.3, -0.25) is 10.1 Å². The first-order chi connectivity index (χ1) is 7.81. The zero-order chi connectivity index (χ0) is 11.4. The van der Waals surface area contributed by atoms with E-state index in [0.717, 1.165) is 12.2 Å². The van der Waals surface area contributed by atoms with Crippen LogP contribution in [0.1, 0.15) is 26.2 Å². The van der Waals surface area contributed by atoms with Gasteiger partial charge in [-0.25, -0.2) is 0 Å². The molecule has 0 aromatic heterocycles. The first-order valence-corrected chi connectivity index (χ1v) is 7.05. The highest BCUT2D eigenvalue weighted by Gasteiger charge is 2.34. The van der Waals surface area contributed by atoms with Crippen LogP contribution >= 0.6 is 11.8 Å². The average molecular weight is 241 g/mol. The molecule has 4 heteroatoms. The van der Waals surface area contributed by atoms with Crippen LogP contribution in [0.4, 0.5) is 0 Å². The Morgan fingerprint density at radius 3 is 3.12 bits per heavy atom. The summed E-state index contributed by atoms with van der Waals surface area (Å²) in [6.07, 6.45) is 8.05. The zero-order valence-electron chi connectivity index (χ0n) is 9.65. The standard InChI is InChI=1S/C12H19NO2S/c1-2-15-12(14)10-8-16-11(13-10)9-6-4-3-5-7-9/h3-4,9-11,13H,2,5-8H2,1H3/t9-,10+,11-/m1/s1. The van der Waals surface area contributed by atoms with Gasteiger partial charge in [0, 0.05) is 5.75 Å². The number of esters is 1. The normalized spacial score (nSPS) is 33.9. The summed E-state index contributed by atoms with van der Waals surface area (Å²) in [4.78, 5) is 11.6. The van der Waals surface area contributed by atoms with Crippen molar-refractivity contribution in [1.29, 1.82) is 0 Å². The monoisotopic (exact) mass is 241 g/mol. The quantitative estimate of drug-likeness (QED) is 0.605. The first-order valence-electron chi connectivity index (χ1n) is 6.00. The summed E-state index contributed by atoms with van der Waals surface area (Å²) in [6, 6.07) is -0.0964. The lowest BCUT2D eigenvalue weighted by atomic mass is 9.94. The molecule has 0 amide bonds. The van der Waals surface area contributed by atoms with Crippen molar-refractivity contribution in [3.63, 3.8) is 0 Å². The molecule has 0 spiro atoms. The molecule has 0 saturated carbocycles. The Morgan fingerprint density at radius 1 is 1.56 bits per heavy atom. The van der Waals surface area contributed by atoms with E-state index in [1.165, 1.54) is 12.8 Å². The van der Waals surface area contributed by atoms with Gasteiger partial charge in [0.25, 0.3) is 0 Å². The van der Waals surface area contributed by atoms with Gasteiger partial charge in [0.05, 0.1) is 12.0 Å². The Labute approximate surface area is 101 Å². The van der Waals surface area contributed by atoms with E-state index in [-0.39, 0.29) is 12.0 Å². The third-order valence-electron chi connectivity index (χ3n) is 3.12. The molecule has 1 aliphatic carbocycles. The van der Waals surface area contributed by atoms with E-state index < -0.39 is 0 Å². The van der Waals surface area contributed by atoms with Gasteiger partial charge in [-0.1, -0.05) is 12.2 Å². The topological polar surface area (TPSA) is 38.3 Å². The van der Waals surface area contributed by atoms with Crippen LogP contribution in [0.5, 0.6) is 0 Å². The lowest BCUT2D eigenvalue weighted by Crippen LogP contribution is -2.40. The lowest BCUT2D eigenvalue weighted by Gasteiger charge is -2.24. The van der Waals surface area contributed by atoms with Gasteiger partial charge in [0.2, 0.25) is 0 Å². The van der Waals surface area contributed by atoms with E-state index in [4.69, 9.17) is 4.74 Å². The third kappa shape index (κ3) is 2.80. The summed E-state index contributed by atoms with van der Waals surface area (Å²) in [5.74, 6) is 1.43. The summed E-state index contributed by atoms with van der Waals surface area (Å²) in [7, 11) is 0. The number of thioether (sulfide) groups is 1. The molecule has 90 valence electrons. The van der Waals surface area contributed by atoms with Crippen LogP contribution in [0.15, 0.2) is 12.2 Å². The van der Waals surface area contributed by atoms with Crippen LogP contribution in [0.25, 0.3) is 0 Å². The third-order valence-corrected chi connectivity index (χ3v) is 4.52. The molecule has 0 bridgehead atoms. The van der Waals surface area contributed by atoms with Crippen LogP contribution in [-0.4, -0.2) is 29.7 Å². The van der Waals surface area contributed by atoms with E-state index in [2.05, 4.69) is 17.5 Å². The number of nitrogens with one attached hydrogen (secondary N) is 1. The molecular weight excluding hydrogens is 222 g/mol. The van der Waals surface area contributed by atoms with Crippen molar-refractivity contribution >= 4 is 17.7 Å². The minimum Gasteiger partial charge on any atom is -0.465 e. The first kappa shape index (κ1) is 12.0. The molecule has 1 saturated heterocycles. The molecule has 0 aromatic carbocycles. The molecule has 2 aliphatic rings. The largest absolute Gasteiger partial charge is 0.465 e. The molecule has 3 atom stereocenters. The van der Waals surface area contributed by atoms with E-state index in [1.807, 2.05) is 18.7 Å². The molecule has 1 N–H and O–H groups in total. The predicted molar refractivity (Wildman–Crippen MR) is 66.3 cm³/mol. The van der Waals surface area contributed by atoms with Crippen molar-refractivity contribution in [1.82, 2.24) is 5.32 Å². The van der Waals surface area contributed by atoms with Gasteiger partial charge < -0.3 is 4.74 Å². The second kappa shape index (κ2) is 5.73. The SMILES string of the molecule is CCOC(=O)[C@@H]1CS[C@H]([C@@H]2CC=CCC2)N1. The number of hydrogen-bond acceptors (Lipinski definition) is 4. The van der Waals surface area contributed by atoms with Crippen molar-refractivity contribution in [2.75, 3.05) is 12.4 Å². The zero-order valence-corrected chi connectivity index (χ0v) is 10.5. The van der Waals surface area contributed by atoms with Crippen molar-refractivity contribution in [3.8, 4) is 0 Å². The van der Waals surface area contributed by atoms with Gasteiger partial charge in [-0.2, -0.15) is 0 Å². The summed E-state index contributed by atoms with van der Waals surface area (Å²) in [5.41, 5.74) is 0. The maximum absolute atomic E-state index is 11.6. The van der Waals surface area contributed by atoms with Crippen molar-refractivity contribution in [2.45, 2.75) is 37.6 Å². The van der Waals surface area contributed by atoms with E-state index in [9.17, 15) is 4.79 Å². The number of rotatable bonds is 3. The number of allylic oxidation sites excluding steroid dienone is 2. The molecule has 0 aromatic rings. The van der Waals surface area contributed by atoms with Crippen LogP contribution < -0.4 is 5.32 Å². The Kier molecular flexibility index (Phi) is 4.29. The highest BCUT2D eigenvalue weighted by atomic mass is 32.2. The summed E-state index contributed by atoms with van der Waals surface area (Å²) < 4.78 is 5.03. The van der Waals surface area contributed by atoms with Crippen LogP contribution in [-0.2, 0) is 9.53 Å². The number of carbonyl (C=O) groups excluding carboxylic acids is 1. The van der Waals surface area contributed by atoms with Crippen molar-refractivity contribution < 1.29 is 9.53 Å². The molecule has 2 rings (SSSR count). The van der Waals surface area contributed by atoms with Gasteiger partial charge in [-0.15, -0.1) is 11.8 Å². The maximum atomic E-state index is 11.6. The van der Waals surface area contributed by atoms with Gasteiger partial charge in [0.1, 0.15) is 6.04 Å². The van der Waals surface area contributed by atoms with Crippen molar-refractivity contribution in [3.05, 3.63) is 12.2 Å². The molecule has 16 heavy (non-hydrogen) atoms. The summed E-state index contributed by atoms with van der Waals surface area (Å²) in [5, 5.41) is 3.83. The van der Waals surface area contributed by atoms with Crippen molar-refractivity contribution in [2.24, 2.45) is 5.92 Å². The highest BCUT2D eigenvalue weighted by molar-refractivity contribution is 8.00. The minimum absolute atomic E-state index is 0.0937. The van der Waals surface area contributed by atoms with Gasteiger partial charge in [-0.05, 0) is 32.1 Å². The van der Waals surface area contributed by atoms with E-state index in [1.54, 1.807) is 0 Å². The Balaban J connectivity index is 1.83. The number of carbonyl (C=O) groups is 1. The van der Waals surface area contributed by atoms with Crippen LogP contribution in [0, 0.1) is 5.92 Å². The van der Waals surface area contributed by atoms with Gasteiger partial charge >= 0.3 is 5.97 Å². The Hall–Kier alpha value is -0.480. The Bertz CT molecular complexity index is 280. The maximum Gasteiger partial charge on any atom is 0.324 e. The Morgan fingerprint density at radius 2 is 2.44 bits per heavy atom. The number of hydrogen-bond donors (Lipinski definition) is 1. The molecule has 1 heterocycles. The average Bonchev–Trinajstić information content (AvgIpc) is 2.80. The van der Waals surface area contributed by atoms with Crippen LogP contribution in [0.3, 0.4) is 0 Å². The fourth-order valence-corrected chi connectivity index (χ4v) is 3.65. The smallest absolute Gasteiger partial charge is 0.324 e. The van der Waals surface area contributed by atoms with Crippen LogP contribution in [0.2, 0.25) is 0 Å². The minimum atomic E-state index is -0.0964. The van der Waals surface area contributed by atoms with Gasteiger partial charge in [0.15, 0.2) is 0 Å². The molecule has 3 nitrogen and oxygen atoms in total. The highest BCUT2D eigenvalue weighted by Crippen LogP contribution is 2.32. The molecule has 1 fully saturated rings. The summed E-state index contributed by atoms with van der Waals surface area (Å²) >= 11 is 1.87. The molecule has 0 unspecified atom stereocenters. The fourth-order valence-electron chi connectivity index (χ4n) is 2.24. The second-order valence-corrected chi connectivity index (χ2v) is 5.44. The van der Waals surface area contributed by atoms with E-state index >= 15 is 0 Å². The predicted octanol–water partition coefficient (Wildman–Crippen LogP) is 1.94. The second-order valence-electron chi connectivity index (χ2n) is 4.27.